The molecule has 7 nitrogen and oxygen atoms in total. The molecular formula is C12H16N4O3S. The van der Waals surface area contributed by atoms with Gasteiger partial charge in [-0.25, -0.2) is 4.98 Å². The zero-order chi connectivity index (χ0) is 14.5. The summed E-state index contributed by atoms with van der Waals surface area (Å²) in [4.78, 5) is 14.5. The SMILES string of the molecule is N/C(=N/O)c1nc(SC2CCCCC2)ccc1[N+](=O)[O-]. The number of aromatic nitrogens is 1. The molecule has 8 heteroatoms. The Kier molecular flexibility index (Phi) is 4.78. The van der Waals surface area contributed by atoms with Crippen molar-refractivity contribution in [3.63, 3.8) is 0 Å². The van der Waals surface area contributed by atoms with E-state index in [1.54, 1.807) is 17.8 Å². The van der Waals surface area contributed by atoms with Gasteiger partial charge in [-0.15, -0.1) is 11.8 Å². The van der Waals surface area contributed by atoms with Crippen molar-refractivity contribution in [2.24, 2.45) is 10.9 Å². The molecule has 20 heavy (non-hydrogen) atoms. The lowest BCUT2D eigenvalue weighted by Gasteiger charge is -2.20. The van der Waals surface area contributed by atoms with E-state index in [1.165, 1.54) is 25.3 Å². The molecule has 1 saturated carbocycles. The number of thioether (sulfide) groups is 1. The van der Waals surface area contributed by atoms with Gasteiger partial charge in [-0.05, 0) is 18.9 Å². The minimum atomic E-state index is -0.588. The molecule has 1 aromatic rings. The third-order valence-electron chi connectivity index (χ3n) is 3.24. The first-order chi connectivity index (χ1) is 9.61. The van der Waals surface area contributed by atoms with Gasteiger partial charge in [0.15, 0.2) is 11.5 Å². The summed E-state index contributed by atoms with van der Waals surface area (Å²) in [5, 5.41) is 23.6. The number of nitrogens with zero attached hydrogens (tertiary/aromatic N) is 3. The minimum Gasteiger partial charge on any atom is -0.409 e. The van der Waals surface area contributed by atoms with Gasteiger partial charge in [0.2, 0.25) is 0 Å². The molecule has 1 aliphatic carbocycles. The maximum atomic E-state index is 10.9. The van der Waals surface area contributed by atoms with Gasteiger partial charge in [-0.1, -0.05) is 24.4 Å². The lowest BCUT2D eigenvalue weighted by molar-refractivity contribution is -0.385. The molecule has 1 aromatic heterocycles. The first-order valence-electron chi connectivity index (χ1n) is 6.42. The molecule has 0 aliphatic heterocycles. The van der Waals surface area contributed by atoms with Gasteiger partial charge < -0.3 is 10.9 Å². The van der Waals surface area contributed by atoms with Crippen molar-refractivity contribution in [1.82, 2.24) is 4.98 Å². The van der Waals surface area contributed by atoms with E-state index in [-0.39, 0.29) is 17.2 Å². The molecule has 1 fully saturated rings. The van der Waals surface area contributed by atoms with Crippen LogP contribution < -0.4 is 5.73 Å². The second-order valence-corrected chi connectivity index (χ2v) is 5.96. The highest BCUT2D eigenvalue weighted by molar-refractivity contribution is 7.99. The number of pyridine rings is 1. The minimum absolute atomic E-state index is 0.0849. The van der Waals surface area contributed by atoms with Crippen LogP contribution in [0.15, 0.2) is 22.3 Å². The van der Waals surface area contributed by atoms with Crippen LogP contribution in [0.3, 0.4) is 0 Å². The Bertz CT molecular complexity index is 529. The second-order valence-electron chi connectivity index (χ2n) is 4.64. The van der Waals surface area contributed by atoms with E-state index in [1.807, 2.05) is 0 Å². The molecular weight excluding hydrogens is 280 g/mol. The van der Waals surface area contributed by atoms with Gasteiger partial charge in [-0.2, -0.15) is 0 Å². The number of oxime groups is 1. The van der Waals surface area contributed by atoms with E-state index < -0.39 is 4.92 Å². The van der Waals surface area contributed by atoms with Gasteiger partial charge in [0.05, 0.1) is 9.95 Å². The number of rotatable bonds is 4. The second kappa shape index (κ2) is 6.56. The monoisotopic (exact) mass is 296 g/mol. The van der Waals surface area contributed by atoms with Crippen LogP contribution >= 0.6 is 11.8 Å². The quantitative estimate of drug-likeness (QED) is 0.290. The van der Waals surface area contributed by atoms with E-state index >= 15 is 0 Å². The standard InChI is InChI=1S/C12H16N4O3S/c13-12(15-17)11-9(16(18)19)6-7-10(14-11)20-8-4-2-1-3-5-8/h6-8,17H,1-5H2,(H2,13,15). The van der Waals surface area contributed by atoms with Gasteiger partial charge in [0, 0.05) is 11.3 Å². The highest BCUT2D eigenvalue weighted by Gasteiger charge is 2.22. The smallest absolute Gasteiger partial charge is 0.298 e. The molecule has 108 valence electrons. The fourth-order valence-electron chi connectivity index (χ4n) is 2.24. The van der Waals surface area contributed by atoms with Gasteiger partial charge >= 0.3 is 0 Å². The molecule has 0 aromatic carbocycles. The summed E-state index contributed by atoms with van der Waals surface area (Å²) in [7, 11) is 0. The topological polar surface area (TPSA) is 115 Å². The summed E-state index contributed by atoms with van der Waals surface area (Å²) in [6, 6.07) is 2.97. The fourth-order valence-corrected chi connectivity index (χ4v) is 3.44. The van der Waals surface area contributed by atoms with E-state index in [4.69, 9.17) is 10.9 Å². The molecule has 0 amide bonds. The first-order valence-corrected chi connectivity index (χ1v) is 7.29. The largest absolute Gasteiger partial charge is 0.409 e. The molecule has 1 aliphatic rings. The molecule has 0 atom stereocenters. The van der Waals surface area contributed by atoms with E-state index in [0.29, 0.717) is 10.3 Å². The van der Waals surface area contributed by atoms with Gasteiger partial charge in [0.25, 0.3) is 5.69 Å². The molecule has 0 radical (unpaired) electrons. The van der Waals surface area contributed by atoms with Crippen LogP contribution in [0.25, 0.3) is 0 Å². The van der Waals surface area contributed by atoms with E-state index in [0.717, 1.165) is 12.8 Å². The summed E-state index contributed by atoms with van der Waals surface area (Å²) >= 11 is 1.60. The highest BCUT2D eigenvalue weighted by Crippen LogP contribution is 2.33. The zero-order valence-electron chi connectivity index (χ0n) is 10.9. The van der Waals surface area contributed by atoms with E-state index in [2.05, 4.69) is 10.1 Å². The van der Waals surface area contributed by atoms with Crippen LogP contribution in [0.5, 0.6) is 0 Å². The summed E-state index contributed by atoms with van der Waals surface area (Å²) < 4.78 is 0. The van der Waals surface area contributed by atoms with Crippen LogP contribution in [-0.4, -0.2) is 26.2 Å². The summed E-state index contributed by atoms with van der Waals surface area (Å²) in [5.41, 5.74) is 5.12. The van der Waals surface area contributed by atoms with Crippen LogP contribution in [0.4, 0.5) is 5.69 Å². The number of nitro groups is 1. The van der Waals surface area contributed by atoms with Gasteiger partial charge in [0.1, 0.15) is 0 Å². The maximum Gasteiger partial charge on any atom is 0.298 e. The Morgan fingerprint density at radius 1 is 1.45 bits per heavy atom. The normalized spacial score (nSPS) is 17.1. The van der Waals surface area contributed by atoms with Crippen LogP contribution in [0, 0.1) is 10.1 Å². The van der Waals surface area contributed by atoms with Crippen molar-refractivity contribution < 1.29 is 10.1 Å². The lowest BCUT2D eigenvalue weighted by atomic mass is 10.0. The summed E-state index contributed by atoms with van der Waals surface area (Å²) in [6.07, 6.45) is 5.93. The summed E-state index contributed by atoms with van der Waals surface area (Å²) in [6.45, 7) is 0. The Hall–Kier alpha value is -1.83. The van der Waals surface area contributed by atoms with Crippen LogP contribution in [-0.2, 0) is 0 Å². The molecule has 0 bridgehead atoms. The molecule has 3 N–H and O–H groups in total. The fraction of sp³-hybridized carbons (Fsp3) is 0.500. The number of nitrogens with two attached hydrogens (primary N) is 1. The third kappa shape index (κ3) is 3.38. The number of hydrogen-bond acceptors (Lipinski definition) is 6. The van der Waals surface area contributed by atoms with Crippen LogP contribution in [0.1, 0.15) is 37.8 Å². The number of hydrogen-bond donors (Lipinski definition) is 2. The molecule has 2 rings (SSSR count). The van der Waals surface area contributed by atoms with Crippen molar-refractivity contribution in [2.45, 2.75) is 42.4 Å². The maximum absolute atomic E-state index is 10.9. The van der Waals surface area contributed by atoms with Crippen molar-refractivity contribution in [2.75, 3.05) is 0 Å². The molecule has 0 saturated heterocycles. The molecule has 0 spiro atoms. The Morgan fingerprint density at radius 3 is 2.75 bits per heavy atom. The highest BCUT2D eigenvalue weighted by atomic mass is 32.2. The Morgan fingerprint density at radius 2 is 2.15 bits per heavy atom. The zero-order valence-corrected chi connectivity index (χ0v) is 11.7. The van der Waals surface area contributed by atoms with E-state index in [9.17, 15) is 10.1 Å². The molecule has 1 heterocycles. The van der Waals surface area contributed by atoms with Crippen molar-refractivity contribution in [1.29, 1.82) is 0 Å². The van der Waals surface area contributed by atoms with Crippen molar-refractivity contribution in [3.8, 4) is 0 Å². The first kappa shape index (κ1) is 14.6. The van der Waals surface area contributed by atoms with Crippen molar-refractivity contribution in [3.05, 3.63) is 27.9 Å². The van der Waals surface area contributed by atoms with Crippen molar-refractivity contribution >= 4 is 23.3 Å². The summed E-state index contributed by atoms with van der Waals surface area (Å²) in [5.74, 6) is -0.345. The Balaban J connectivity index is 2.24. The average molecular weight is 296 g/mol. The predicted molar refractivity (Wildman–Crippen MR) is 76.1 cm³/mol. The average Bonchev–Trinajstić information content (AvgIpc) is 2.47. The molecule has 0 unspecified atom stereocenters. The number of amidine groups is 1. The predicted octanol–water partition coefficient (Wildman–Crippen LogP) is 2.51. The van der Waals surface area contributed by atoms with Gasteiger partial charge in [-0.3, -0.25) is 10.1 Å². The third-order valence-corrected chi connectivity index (χ3v) is 4.51. The van der Waals surface area contributed by atoms with Crippen LogP contribution in [0.2, 0.25) is 0 Å². The lowest BCUT2D eigenvalue weighted by Crippen LogP contribution is -2.18. The Labute approximate surface area is 120 Å².